The first-order valence-corrected chi connectivity index (χ1v) is 6.64. The molecule has 1 atom stereocenters. The summed E-state index contributed by atoms with van der Waals surface area (Å²) in [6.45, 7) is 2.16. The second kappa shape index (κ2) is 4.63. The second-order valence-electron chi connectivity index (χ2n) is 4.36. The predicted molar refractivity (Wildman–Crippen MR) is 72.0 cm³/mol. The van der Waals surface area contributed by atoms with Crippen LogP contribution in [0.4, 0.5) is 0 Å². The third-order valence-electron chi connectivity index (χ3n) is 3.22. The molecule has 1 aromatic heterocycles. The molecule has 4 heteroatoms. The Morgan fingerprint density at radius 3 is 2.94 bits per heavy atom. The lowest BCUT2D eigenvalue weighted by Crippen LogP contribution is -2.08. The zero-order chi connectivity index (χ0) is 11.7. The van der Waals surface area contributed by atoms with Gasteiger partial charge >= 0.3 is 0 Å². The third-order valence-corrected chi connectivity index (χ3v) is 3.92. The number of hydrogen-bond acceptors (Lipinski definition) is 2. The van der Waals surface area contributed by atoms with E-state index in [9.17, 15) is 0 Å². The first kappa shape index (κ1) is 11.0. The van der Waals surface area contributed by atoms with E-state index in [1.807, 2.05) is 24.4 Å². The number of nitrogens with one attached hydrogen (secondary N) is 2. The Labute approximate surface area is 109 Å². The molecule has 3 nitrogen and oxygen atoms in total. The van der Waals surface area contributed by atoms with Crippen molar-refractivity contribution in [2.24, 2.45) is 0 Å². The summed E-state index contributed by atoms with van der Waals surface area (Å²) in [6.07, 6.45) is 3.16. The molecule has 17 heavy (non-hydrogen) atoms. The molecule has 1 unspecified atom stereocenters. The Morgan fingerprint density at radius 2 is 2.18 bits per heavy atom. The SMILES string of the molecule is Brc1ccccc1-c1ncc(C2CCNC2)[nH]1. The highest BCUT2D eigenvalue weighted by Crippen LogP contribution is 2.28. The molecular formula is C13H14BrN3. The van der Waals surface area contributed by atoms with Crippen molar-refractivity contribution < 1.29 is 0 Å². The van der Waals surface area contributed by atoms with E-state index >= 15 is 0 Å². The summed E-state index contributed by atoms with van der Waals surface area (Å²) in [5, 5.41) is 3.37. The van der Waals surface area contributed by atoms with Gasteiger partial charge in [0.25, 0.3) is 0 Å². The first-order chi connectivity index (χ1) is 8.34. The maximum atomic E-state index is 4.48. The van der Waals surface area contributed by atoms with Crippen LogP contribution in [0.3, 0.4) is 0 Å². The van der Waals surface area contributed by atoms with Gasteiger partial charge in [-0.25, -0.2) is 4.98 Å². The molecule has 1 aliphatic rings. The van der Waals surface area contributed by atoms with E-state index in [4.69, 9.17) is 0 Å². The summed E-state index contributed by atoms with van der Waals surface area (Å²) in [5.74, 6) is 1.53. The smallest absolute Gasteiger partial charge is 0.138 e. The van der Waals surface area contributed by atoms with Crippen molar-refractivity contribution in [2.45, 2.75) is 12.3 Å². The maximum absolute atomic E-state index is 4.48. The zero-order valence-corrected chi connectivity index (χ0v) is 11.0. The Kier molecular flexibility index (Phi) is 2.99. The molecule has 1 aromatic carbocycles. The van der Waals surface area contributed by atoms with Crippen LogP contribution < -0.4 is 5.32 Å². The number of halogens is 1. The van der Waals surface area contributed by atoms with Crippen LogP contribution in [0.15, 0.2) is 34.9 Å². The van der Waals surface area contributed by atoms with E-state index in [1.165, 1.54) is 12.1 Å². The van der Waals surface area contributed by atoms with Crippen LogP contribution in [-0.2, 0) is 0 Å². The summed E-state index contributed by atoms with van der Waals surface area (Å²) >= 11 is 3.55. The van der Waals surface area contributed by atoms with Gasteiger partial charge in [-0.3, -0.25) is 0 Å². The van der Waals surface area contributed by atoms with E-state index in [2.05, 4.69) is 37.3 Å². The van der Waals surface area contributed by atoms with E-state index in [0.29, 0.717) is 5.92 Å². The quantitative estimate of drug-likeness (QED) is 0.893. The predicted octanol–water partition coefficient (Wildman–Crippen LogP) is 2.92. The van der Waals surface area contributed by atoms with Gasteiger partial charge in [0.1, 0.15) is 5.82 Å². The molecule has 0 radical (unpaired) electrons. The molecule has 1 saturated heterocycles. The minimum Gasteiger partial charge on any atom is -0.342 e. The lowest BCUT2D eigenvalue weighted by atomic mass is 10.1. The van der Waals surface area contributed by atoms with Crippen LogP contribution in [0.2, 0.25) is 0 Å². The van der Waals surface area contributed by atoms with Crippen molar-refractivity contribution in [1.29, 1.82) is 0 Å². The number of benzene rings is 1. The Hall–Kier alpha value is -1.13. The van der Waals surface area contributed by atoms with Gasteiger partial charge in [-0.1, -0.05) is 34.1 Å². The van der Waals surface area contributed by atoms with E-state index in [-0.39, 0.29) is 0 Å². The van der Waals surface area contributed by atoms with Crippen molar-refractivity contribution in [3.8, 4) is 11.4 Å². The minimum atomic E-state index is 0.582. The molecule has 1 aliphatic heterocycles. The van der Waals surface area contributed by atoms with Crippen molar-refractivity contribution >= 4 is 15.9 Å². The molecule has 1 fully saturated rings. The van der Waals surface area contributed by atoms with Crippen molar-refractivity contribution in [3.63, 3.8) is 0 Å². The number of nitrogens with zero attached hydrogens (tertiary/aromatic N) is 1. The van der Waals surface area contributed by atoms with Gasteiger partial charge in [0.2, 0.25) is 0 Å². The maximum Gasteiger partial charge on any atom is 0.138 e. The number of hydrogen-bond donors (Lipinski definition) is 2. The first-order valence-electron chi connectivity index (χ1n) is 5.85. The summed E-state index contributed by atoms with van der Waals surface area (Å²) in [4.78, 5) is 7.91. The molecule has 0 aliphatic carbocycles. The normalized spacial score (nSPS) is 19.7. The number of H-pyrrole nitrogens is 1. The largest absolute Gasteiger partial charge is 0.342 e. The molecule has 0 amide bonds. The molecule has 0 spiro atoms. The van der Waals surface area contributed by atoms with Crippen molar-refractivity contribution in [3.05, 3.63) is 40.6 Å². The fourth-order valence-corrected chi connectivity index (χ4v) is 2.73. The third kappa shape index (κ3) is 2.15. The summed E-state index contributed by atoms with van der Waals surface area (Å²) in [7, 11) is 0. The number of aromatic nitrogens is 2. The highest BCUT2D eigenvalue weighted by molar-refractivity contribution is 9.10. The van der Waals surface area contributed by atoms with Gasteiger partial charge in [0, 0.05) is 34.4 Å². The summed E-state index contributed by atoms with van der Waals surface area (Å²) in [6, 6.07) is 8.14. The average Bonchev–Trinajstić information content (AvgIpc) is 3.00. The molecule has 0 bridgehead atoms. The fraction of sp³-hybridized carbons (Fsp3) is 0.308. The molecule has 0 saturated carbocycles. The number of imidazole rings is 1. The standard InChI is InChI=1S/C13H14BrN3/c14-11-4-2-1-3-10(11)13-16-8-12(17-13)9-5-6-15-7-9/h1-4,8-9,15H,5-7H2,(H,16,17). The van der Waals surface area contributed by atoms with Crippen LogP contribution in [0.5, 0.6) is 0 Å². The minimum absolute atomic E-state index is 0.582. The topological polar surface area (TPSA) is 40.7 Å². The second-order valence-corrected chi connectivity index (χ2v) is 5.21. The van der Waals surface area contributed by atoms with E-state index < -0.39 is 0 Å². The van der Waals surface area contributed by atoms with Crippen LogP contribution in [0, 0.1) is 0 Å². The summed E-state index contributed by atoms with van der Waals surface area (Å²) < 4.78 is 1.07. The van der Waals surface area contributed by atoms with E-state index in [1.54, 1.807) is 0 Å². The van der Waals surface area contributed by atoms with Gasteiger partial charge in [-0.2, -0.15) is 0 Å². The molecule has 3 rings (SSSR count). The fourth-order valence-electron chi connectivity index (χ4n) is 2.25. The van der Waals surface area contributed by atoms with Gasteiger partial charge in [-0.05, 0) is 19.0 Å². The Bertz CT molecular complexity index is 515. The highest BCUT2D eigenvalue weighted by atomic mass is 79.9. The lowest BCUT2D eigenvalue weighted by molar-refractivity contribution is 0.741. The summed E-state index contributed by atoms with van der Waals surface area (Å²) in [5.41, 5.74) is 2.35. The molecule has 2 heterocycles. The van der Waals surface area contributed by atoms with Gasteiger partial charge in [0.15, 0.2) is 0 Å². The van der Waals surface area contributed by atoms with Crippen LogP contribution in [0.25, 0.3) is 11.4 Å². The van der Waals surface area contributed by atoms with Gasteiger partial charge < -0.3 is 10.3 Å². The van der Waals surface area contributed by atoms with Crippen LogP contribution >= 0.6 is 15.9 Å². The monoisotopic (exact) mass is 291 g/mol. The molecule has 88 valence electrons. The Morgan fingerprint density at radius 1 is 1.29 bits per heavy atom. The van der Waals surface area contributed by atoms with E-state index in [0.717, 1.165) is 29.0 Å². The van der Waals surface area contributed by atoms with Gasteiger partial charge in [0.05, 0.1) is 0 Å². The molecular weight excluding hydrogens is 278 g/mol. The Balaban J connectivity index is 1.92. The average molecular weight is 292 g/mol. The number of rotatable bonds is 2. The molecule has 2 aromatic rings. The van der Waals surface area contributed by atoms with Crippen LogP contribution in [0.1, 0.15) is 18.0 Å². The lowest BCUT2D eigenvalue weighted by Gasteiger charge is -2.04. The van der Waals surface area contributed by atoms with Gasteiger partial charge in [-0.15, -0.1) is 0 Å². The van der Waals surface area contributed by atoms with Crippen molar-refractivity contribution in [2.75, 3.05) is 13.1 Å². The zero-order valence-electron chi connectivity index (χ0n) is 9.41. The van der Waals surface area contributed by atoms with Crippen LogP contribution in [-0.4, -0.2) is 23.1 Å². The van der Waals surface area contributed by atoms with Crippen molar-refractivity contribution in [1.82, 2.24) is 15.3 Å². The molecule has 2 N–H and O–H groups in total. The highest BCUT2D eigenvalue weighted by Gasteiger charge is 2.19. The number of aromatic amines is 1.